The molecule has 1 unspecified atom stereocenters. The summed E-state index contributed by atoms with van der Waals surface area (Å²) in [5, 5.41) is 7.45. The highest BCUT2D eigenvalue weighted by atomic mass is 16.1. The monoisotopic (exact) mass is 467 g/mol. The molecule has 2 fully saturated rings. The first kappa shape index (κ1) is 20.8. The van der Waals surface area contributed by atoms with Crippen LogP contribution in [-0.4, -0.2) is 31.6 Å². The Morgan fingerprint density at radius 3 is 3.06 bits per heavy atom. The Kier molecular flexibility index (Phi) is 4.61. The minimum atomic E-state index is -0.190. The van der Waals surface area contributed by atoms with Crippen molar-refractivity contribution in [3.63, 3.8) is 0 Å². The van der Waals surface area contributed by atoms with E-state index in [-0.39, 0.29) is 11.7 Å². The van der Waals surface area contributed by atoms with Gasteiger partial charge in [0.15, 0.2) is 5.65 Å². The molecule has 2 N–H and O–H groups in total. The third kappa shape index (κ3) is 3.31. The number of dihydropyridines is 1. The molecule has 35 heavy (non-hydrogen) atoms. The molecule has 8 nitrogen and oxygen atoms in total. The lowest BCUT2D eigenvalue weighted by atomic mass is 9.88. The van der Waals surface area contributed by atoms with Crippen molar-refractivity contribution in [2.45, 2.75) is 63.2 Å². The topological polar surface area (TPSA) is 89.1 Å². The maximum atomic E-state index is 13.2. The van der Waals surface area contributed by atoms with Gasteiger partial charge in [-0.05, 0) is 60.9 Å². The number of fused-ring (bicyclic) bond motifs is 4. The van der Waals surface area contributed by atoms with Gasteiger partial charge in [-0.3, -0.25) is 9.79 Å². The number of rotatable bonds is 5. The van der Waals surface area contributed by atoms with Gasteiger partial charge in [-0.2, -0.15) is 4.98 Å². The van der Waals surface area contributed by atoms with Gasteiger partial charge in [-0.15, -0.1) is 6.58 Å². The third-order valence-electron chi connectivity index (χ3n) is 7.97. The number of anilines is 2. The van der Waals surface area contributed by atoms with Gasteiger partial charge in [0.05, 0.1) is 6.54 Å². The van der Waals surface area contributed by atoms with Crippen LogP contribution in [0.1, 0.15) is 55.8 Å². The van der Waals surface area contributed by atoms with Gasteiger partial charge >= 0.3 is 0 Å². The second-order valence-corrected chi connectivity index (χ2v) is 10.2. The molecule has 4 heterocycles. The summed E-state index contributed by atoms with van der Waals surface area (Å²) < 4.78 is 3.64. The Balaban J connectivity index is 1.28. The molecule has 0 bridgehead atoms. The SMILES string of the molecule is C=CCn1c(=O)c2cnc(Nc3ccc4c(c3)CNCC43CC3)nc2n1C1CC=C2CCCC2=N1. The zero-order valence-corrected chi connectivity index (χ0v) is 19.8. The zero-order chi connectivity index (χ0) is 23.6. The smallest absolute Gasteiger partial charge is 0.278 e. The number of aliphatic imine (C=N–C) groups is 1. The van der Waals surface area contributed by atoms with E-state index in [0.29, 0.717) is 28.9 Å². The van der Waals surface area contributed by atoms with Crippen molar-refractivity contribution in [3.05, 3.63) is 70.2 Å². The minimum Gasteiger partial charge on any atom is -0.324 e. The van der Waals surface area contributed by atoms with Gasteiger partial charge in [0.25, 0.3) is 5.56 Å². The predicted octanol–water partition coefficient (Wildman–Crippen LogP) is 4.11. The molecule has 7 rings (SSSR count). The van der Waals surface area contributed by atoms with E-state index in [4.69, 9.17) is 9.98 Å². The number of nitrogens with zero attached hydrogens (tertiary/aromatic N) is 5. The Morgan fingerprint density at radius 1 is 1.29 bits per heavy atom. The van der Waals surface area contributed by atoms with Crippen LogP contribution in [0.5, 0.6) is 0 Å². The average Bonchev–Trinajstić information content (AvgIpc) is 3.37. The minimum absolute atomic E-state index is 0.109. The molecule has 8 heteroatoms. The van der Waals surface area contributed by atoms with Gasteiger partial charge in [0, 0.05) is 42.5 Å². The van der Waals surface area contributed by atoms with E-state index in [1.54, 1.807) is 17.0 Å². The standard InChI is InChI=1S/C27H29N7O/c1-2-12-33-25(35)20-15-29-26(30-19-7-8-21-18(13-19)14-28-16-27(21)10-11-27)32-24(20)34(33)23-9-6-17-4-3-5-22(17)31-23/h2,6-8,13,15,23,28H,1,3-5,9-12,14,16H2,(H,29,30,32). The Hall–Kier alpha value is -3.52. The summed E-state index contributed by atoms with van der Waals surface area (Å²) >= 11 is 0. The van der Waals surface area contributed by atoms with Crippen LogP contribution in [-0.2, 0) is 18.5 Å². The molecule has 0 saturated heterocycles. The Morgan fingerprint density at radius 2 is 2.20 bits per heavy atom. The first-order chi connectivity index (χ1) is 17.1. The molecule has 178 valence electrons. The first-order valence-corrected chi connectivity index (χ1v) is 12.6. The summed E-state index contributed by atoms with van der Waals surface area (Å²) in [7, 11) is 0. The van der Waals surface area contributed by atoms with E-state index in [0.717, 1.165) is 44.5 Å². The highest BCUT2D eigenvalue weighted by Crippen LogP contribution is 2.50. The Labute approximate surface area is 203 Å². The summed E-state index contributed by atoms with van der Waals surface area (Å²) in [6, 6.07) is 6.57. The van der Waals surface area contributed by atoms with Crippen LogP contribution < -0.4 is 16.2 Å². The fraction of sp³-hybridized carbons (Fsp3) is 0.407. The van der Waals surface area contributed by atoms with Crippen LogP contribution >= 0.6 is 0 Å². The van der Waals surface area contributed by atoms with Crippen molar-refractivity contribution in [2.24, 2.45) is 4.99 Å². The van der Waals surface area contributed by atoms with Crippen molar-refractivity contribution in [3.8, 4) is 0 Å². The molecule has 1 atom stereocenters. The molecule has 2 aromatic heterocycles. The van der Waals surface area contributed by atoms with E-state index < -0.39 is 0 Å². The summed E-state index contributed by atoms with van der Waals surface area (Å²) in [5.41, 5.74) is 7.15. The first-order valence-electron chi connectivity index (χ1n) is 12.6. The highest BCUT2D eigenvalue weighted by Gasteiger charge is 2.46. The number of benzene rings is 1. The van der Waals surface area contributed by atoms with Gasteiger partial charge in [-0.25, -0.2) is 14.3 Å². The molecule has 0 radical (unpaired) electrons. The summed E-state index contributed by atoms with van der Waals surface area (Å²) in [6.07, 6.45) is 12.0. The van der Waals surface area contributed by atoms with Crippen LogP contribution in [0.3, 0.4) is 0 Å². The predicted molar refractivity (Wildman–Crippen MR) is 137 cm³/mol. The van der Waals surface area contributed by atoms with Gasteiger partial charge in [0.2, 0.25) is 5.95 Å². The quantitative estimate of drug-likeness (QED) is 0.551. The van der Waals surface area contributed by atoms with E-state index in [9.17, 15) is 4.79 Å². The van der Waals surface area contributed by atoms with Crippen LogP contribution in [0, 0.1) is 0 Å². The van der Waals surface area contributed by atoms with Crippen molar-refractivity contribution >= 4 is 28.4 Å². The molecule has 2 aliphatic carbocycles. The number of aromatic nitrogens is 4. The molecule has 3 aromatic rings. The summed E-state index contributed by atoms with van der Waals surface area (Å²) in [6.45, 7) is 6.21. The molecule has 2 saturated carbocycles. The molecule has 4 aliphatic rings. The normalized spacial score (nSPS) is 21.9. The lowest BCUT2D eigenvalue weighted by Crippen LogP contribution is -2.33. The average molecular weight is 468 g/mol. The maximum absolute atomic E-state index is 13.2. The fourth-order valence-electron chi connectivity index (χ4n) is 6.05. The van der Waals surface area contributed by atoms with Crippen LogP contribution in [0.25, 0.3) is 11.0 Å². The molecule has 1 aromatic carbocycles. The maximum Gasteiger partial charge on any atom is 0.278 e. The van der Waals surface area contributed by atoms with Crippen LogP contribution in [0.2, 0.25) is 0 Å². The van der Waals surface area contributed by atoms with E-state index in [2.05, 4.69) is 46.5 Å². The second-order valence-electron chi connectivity index (χ2n) is 10.2. The van der Waals surface area contributed by atoms with E-state index in [1.807, 2.05) is 4.68 Å². The highest BCUT2D eigenvalue weighted by molar-refractivity contribution is 6.02. The third-order valence-corrected chi connectivity index (χ3v) is 7.97. The van der Waals surface area contributed by atoms with Crippen molar-refractivity contribution in [2.75, 3.05) is 11.9 Å². The van der Waals surface area contributed by atoms with Gasteiger partial charge < -0.3 is 10.6 Å². The van der Waals surface area contributed by atoms with Crippen LogP contribution in [0.15, 0.2) is 58.5 Å². The molecule has 1 spiro atoms. The largest absolute Gasteiger partial charge is 0.324 e. The molecule has 2 aliphatic heterocycles. The van der Waals surface area contributed by atoms with Crippen LogP contribution in [0.4, 0.5) is 11.6 Å². The van der Waals surface area contributed by atoms with Crippen molar-refractivity contribution in [1.82, 2.24) is 24.6 Å². The van der Waals surface area contributed by atoms with Crippen molar-refractivity contribution < 1.29 is 0 Å². The number of hydrogen-bond donors (Lipinski definition) is 2. The summed E-state index contributed by atoms with van der Waals surface area (Å²) in [4.78, 5) is 27.6. The lowest BCUT2D eigenvalue weighted by Gasteiger charge is -2.26. The number of allylic oxidation sites excluding steroid dienone is 2. The van der Waals surface area contributed by atoms with E-state index in [1.165, 1.54) is 35.3 Å². The van der Waals surface area contributed by atoms with Crippen molar-refractivity contribution in [1.29, 1.82) is 0 Å². The zero-order valence-electron chi connectivity index (χ0n) is 19.8. The lowest BCUT2D eigenvalue weighted by molar-refractivity contribution is 0.400. The van der Waals surface area contributed by atoms with E-state index >= 15 is 0 Å². The molecular formula is C27H29N7O. The summed E-state index contributed by atoms with van der Waals surface area (Å²) in [5.74, 6) is 0.479. The van der Waals surface area contributed by atoms with Gasteiger partial charge in [-0.1, -0.05) is 18.2 Å². The second kappa shape index (κ2) is 7.75. The van der Waals surface area contributed by atoms with Gasteiger partial charge in [0.1, 0.15) is 11.6 Å². The fourth-order valence-corrected chi connectivity index (χ4v) is 6.05. The number of nitrogens with one attached hydrogen (secondary N) is 2. The molecule has 0 amide bonds. The Bertz CT molecular complexity index is 1490. The molecular weight excluding hydrogens is 438 g/mol. The number of hydrogen-bond acceptors (Lipinski definition) is 6.